The van der Waals surface area contributed by atoms with E-state index >= 15 is 0 Å². The van der Waals surface area contributed by atoms with Crippen LogP contribution in [-0.4, -0.2) is 17.1 Å². The number of aromatic nitrogens is 1. The Hall–Kier alpha value is -3.08. The molecule has 0 bridgehead atoms. The Morgan fingerprint density at radius 1 is 1.18 bits per heavy atom. The minimum atomic E-state index is -0.270. The Bertz CT molecular complexity index is 847. The molecular weight excluding hydrogens is 276 g/mol. The number of amides is 1. The zero-order valence-corrected chi connectivity index (χ0v) is 12.1. The van der Waals surface area contributed by atoms with Gasteiger partial charge in [0.1, 0.15) is 0 Å². The molecule has 0 radical (unpaired) electrons. The molecule has 5 nitrogen and oxygen atoms in total. The average Bonchev–Trinajstić information content (AvgIpc) is 2.84. The van der Waals surface area contributed by atoms with Crippen LogP contribution in [0.5, 0.6) is 0 Å². The molecule has 22 heavy (non-hydrogen) atoms. The van der Waals surface area contributed by atoms with Gasteiger partial charge in [0, 0.05) is 33.4 Å². The second-order valence-electron chi connectivity index (χ2n) is 5.03. The highest BCUT2D eigenvalue weighted by Gasteiger charge is 2.06. The predicted molar refractivity (Wildman–Crippen MR) is 89.0 cm³/mol. The van der Waals surface area contributed by atoms with Crippen molar-refractivity contribution in [3.05, 3.63) is 65.4 Å². The van der Waals surface area contributed by atoms with E-state index in [0.717, 1.165) is 22.2 Å². The van der Waals surface area contributed by atoms with Crippen LogP contribution in [0.15, 0.2) is 53.6 Å². The van der Waals surface area contributed by atoms with E-state index in [0.29, 0.717) is 11.3 Å². The monoisotopic (exact) mass is 292 g/mol. The van der Waals surface area contributed by atoms with Gasteiger partial charge in [-0.15, -0.1) is 0 Å². The maximum atomic E-state index is 12.0. The smallest absolute Gasteiger partial charge is 0.271 e. The van der Waals surface area contributed by atoms with Gasteiger partial charge in [0.2, 0.25) is 0 Å². The third kappa shape index (κ3) is 2.69. The predicted octanol–water partition coefficient (Wildman–Crippen LogP) is 2.82. The fourth-order valence-corrected chi connectivity index (χ4v) is 2.32. The van der Waals surface area contributed by atoms with Gasteiger partial charge in [-0.05, 0) is 37.3 Å². The molecule has 0 aliphatic rings. The summed E-state index contributed by atoms with van der Waals surface area (Å²) in [6.07, 6.45) is 1.66. The first kappa shape index (κ1) is 13.9. The summed E-state index contributed by atoms with van der Waals surface area (Å²) in [4.78, 5) is 15.2. The van der Waals surface area contributed by atoms with Crippen molar-refractivity contribution in [1.29, 1.82) is 0 Å². The largest absolute Gasteiger partial charge is 0.399 e. The molecule has 3 rings (SSSR count). The fraction of sp³-hybridized carbons (Fsp3) is 0.0588. The van der Waals surface area contributed by atoms with Gasteiger partial charge in [0.25, 0.3) is 5.91 Å². The van der Waals surface area contributed by atoms with Crippen molar-refractivity contribution in [2.45, 2.75) is 6.92 Å². The molecule has 0 aliphatic carbocycles. The van der Waals surface area contributed by atoms with Crippen LogP contribution in [0.4, 0.5) is 5.69 Å². The van der Waals surface area contributed by atoms with Crippen LogP contribution in [0.25, 0.3) is 10.9 Å². The van der Waals surface area contributed by atoms with E-state index in [2.05, 4.69) is 15.5 Å². The number of fused-ring (bicyclic) bond motifs is 1. The topological polar surface area (TPSA) is 83.3 Å². The highest BCUT2D eigenvalue weighted by molar-refractivity contribution is 6.01. The molecule has 0 unspecified atom stereocenters. The number of anilines is 1. The molecule has 0 saturated carbocycles. The number of carbonyl (C=O) groups is 1. The normalized spacial score (nSPS) is 11.1. The van der Waals surface area contributed by atoms with Gasteiger partial charge in [-0.1, -0.05) is 18.2 Å². The zero-order valence-electron chi connectivity index (χ0n) is 12.1. The summed E-state index contributed by atoms with van der Waals surface area (Å²) in [6, 6.07) is 14.7. The Morgan fingerprint density at radius 3 is 2.68 bits per heavy atom. The van der Waals surface area contributed by atoms with Gasteiger partial charge >= 0.3 is 0 Å². The number of aromatic amines is 1. The quantitative estimate of drug-likeness (QED) is 0.394. The number of nitrogen functional groups attached to an aromatic ring is 1. The number of nitrogens with zero attached hydrogens (tertiary/aromatic N) is 1. The first-order valence-corrected chi connectivity index (χ1v) is 6.91. The Morgan fingerprint density at radius 2 is 1.91 bits per heavy atom. The van der Waals surface area contributed by atoms with Crippen molar-refractivity contribution in [2.75, 3.05) is 5.73 Å². The van der Waals surface area contributed by atoms with E-state index in [4.69, 9.17) is 5.73 Å². The molecule has 3 aromatic rings. The summed E-state index contributed by atoms with van der Waals surface area (Å²) in [7, 11) is 0. The first-order valence-electron chi connectivity index (χ1n) is 6.91. The average molecular weight is 292 g/mol. The minimum absolute atomic E-state index is 0.270. The second-order valence-corrected chi connectivity index (χ2v) is 5.03. The molecule has 4 N–H and O–H groups in total. The lowest BCUT2D eigenvalue weighted by Crippen LogP contribution is -2.17. The number of nitrogens with one attached hydrogen (secondary N) is 2. The van der Waals surface area contributed by atoms with Gasteiger partial charge < -0.3 is 10.7 Å². The lowest BCUT2D eigenvalue weighted by atomic mass is 10.1. The number of hydrogen-bond donors (Lipinski definition) is 3. The Balaban J connectivity index is 1.77. The molecular formula is C17H16N4O. The number of rotatable bonds is 3. The SMILES string of the molecule is Cc1[nH]c2ccccc2c1/C=N\NC(=O)c1ccc(N)cc1. The lowest BCUT2D eigenvalue weighted by molar-refractivity contribution is 0.0955. The van der Waals surface area contributed by atoms with Crippen LogP contribution in [0, 0.1) is 6.92 Å². The molecule has 0 fully saturated rings. The molecule has 2 aromatic carbocycles. The number of hydrazone groups is 1. The number of benzene rings is 2. The molecule has 0 spiro atoms. The number of aryl methyl sites for hydroxylation is 1. The summed E-state index contributed by atoms with van der Waals surface area (Å²) in [6.45, 7) is 1.98. The van der Waals surface area contributed by atoms with E-state index in [-0.39, 0.29) is 5.91 Å². The Kier molecular flexibility index (Phi) is 3.62. The van der Waals surface area contributed by atoms with Crippen LogP contribution in [0.1, 0.15) is 21.6 Å². The van der Waals surface area contributed by atoms with Crippen LogP contribution in [0.2, 0.25) is 0 Å². The van der Waals surface area contributed by atoms with Crippen LogP contribution >= 0.6 is 0 Å². The van der Waals surface area contributed by atoms with Gasteiger partial charge in [-0.25, -0.2) is 5.43 Å². The first-order chi connectivity index (χ1) is 10.6. The summed E-state index contributed by atoms with van der Waals surface area (Å²) in [5.74, 6) is -0.270. The van der Waals surface area contributed by atoms with Crippen molar-refractivity contribution >= 4 is 28.7 Å². The molecule has 5 heteroatoms. The molecule has 1 aromatic heterocycles. The molecule has 0 atom stereocenters. The summed E-state index contributed by atoms with van der Waals surface area (Å²) >= 11 is 0. The minimum Gasteiger partial charge on any atom is -0.399 e. The molecule has 1 amide bonds. The maximum Gasteiger partial charge on any atom is 0.271 e. The summed E-state index contributed by atoms with van der Waals surface area (Å²) < 4.78 is 0. The number of para-hydroxylation sites is 1. The van der Waals surface area contributed by atoms with Crippen LogP contribution in [-0.2, 0) is 0 Å². The van der Waals surface area contributed by atoms with E-state index in [1.54, 1.807) is 30.5 Å². The third-order valence-electron chi connectivity index (χ3n) is 3.48. The van der Waals surface area contributed by atoms with E-state index < -0.39 is 0 Å². The maximum absolute atomic E-state index is 12.0. The zero-order chi connectivity index (χ0) is 15.5. The fourth-order valence-electron chi connectivity index (χ4n) is 2.32. The standard InChI is InChI=1S/C17H16N4O/c1-11-15(14-4-2-3-5-16(14)20-11)10-19-21-17(22)12-6-8-13(18)9-7-12/h2-10,20H,18H2,1H3,(H,21,22)/b19-10-. The van der Waals surface area contributed by atoms with Crippen molar-refractivity contribution in [1.82, 2.24) is 10.4 Å². The third-order valence-corrected chi connectivity index (χ3v) is 3.48. The number of H-pyrrole nitrogens is 1. The van der Waals surface area contributed by atoms with Crippen molar-refractivity contribution < 1.29 is 4.79 Å². The van der Waals surface area contributed by atoms with Gasteiger partial charge in [-0.2, -0.15) is 5.10 Å². The lowest BCUT2D eigenvalue weighted by Gasteiger charge is -2.00. The van der Waals surface area contributed by atoms with Crippen molar-refractivity contribution in [3.63, 3.8) is 0 Å². The van der Waals surface area contributed by atoms with Gasteiger partial charge in [0.05, 0.1) is 6.21 Å². The van der Waals surface area contributed by atoms with Crippen LogP contribution in [0.3, 0.4) is 0 Å². The van der Waals surface area contributed by atoms with Crippen LogP contribution < -0.4 is 11.2 Å². The number of hydrogen-bond acceptors (Lipinski definition) is 3. The van der Waals surface area contributed by atoms with E-state index in [1.165, 1.54) is 0 Å². The molecule has 1 heterocycles. The second kappa shape index (κ2) is 5.73. The van der Waals surface area contributed by atoms with Gasteiger partial charge in [-0.3, -0.25) is 4.79 Å². The van der Waals surface area contributed by atoms with E-state index in [1.807, 2.05) is 31.2 Å². The number of nitrogens with two attached hydrogens (primary N) is 1. The highest BCUT2D eigenvalue weighted by Crippen LogP contribution is 2.19. The van der Waals surface area contributed by atoms with E-state index in [9.17, 15) is 4.79 Å². The Labute approximate surface area is 127 Å². The van der Waals surface area contributed by atoms with Crippen molar-refractivity contribution in [2.24, 2.45) is 5.10 Å². The molecule has 0 aliphatic heterocycles. The van der Waals surface area contributed by atoms with Crippen molar-refractivity contribution in [3.8, 4) is 0 Å². The number of carbonyl (C=O) groups excluding carboxylic acids is 1. The summed E-state index contributed by atoms with van der Waals surface area (Å²) in [5, 5.41) is 5.12. The molecule has 110 valence electrons. The van der Waals surface area contributed by atoms with Gasteiger partial charge in [0.15, 0.2) is 0 Å². The molecule has 0 saturated heterocycles. The summed E-state index contributed by atoms with van der Waals surface area (Å²) in [5.41, 5.74) is 12.3. The highest BCUT2D eigenvalue weighted by atomic mass is 16.2.